The molecule has 1 fully saturated rings. The SMILES string of the molecule is COCC(F)N1CC(Cl)N(C(F)COC)C1=O. The lowest BCUT2D eigenvalue weighted by atomic mass is 10.5. The average Bonchev–Trinajstić information content (AvgIpc) is 2.55. The van der Waals surface area contributed by atoms with Crippen LogP contribution in [0.1, 0.15) is 0 Å². The summed E-state index contributed by atoms with van der Waals surface area (Å²) in [5.74, 6) is 0. The number of nitrogens with zero attached hydrogens (tertiary/aromatic N) is 2. The molecule has 0 N–H and O–H groups in total. The summed E-state index contributed by atoms with van der Waals surface area (Å²) in [5, 5.41) is 0. The Balaban J connectivity index is 2.67. The maximum atomic E-state index is 13.5. The second-order valence-corrected chi connectivity index (χ2v) is 4.06. The van der Waals surface area contributed by atoms with Gasteiger partial charge in [0.2, 0.25) is 6.30 Å². The zero-order valence-electron chi connectivity index (χ0n) is 9.61. The van der Waals surface area contributed by atoms with E-state index >= 15 is 0 Å². The smallest absolute Gasteiger partial charge is 0.326 e. The molecule has 100 valence electrons. The number of halogens is 3. The molecule has 3 unspecified atom stereocenters. The number of alkyl halides is 3. The third kappa shape index (κ3) is 3.17. The van der Waals surface area contributed by atoms with E-state index in [9.17, 15) is 13.6 Å². The third-order valence-electron chi connectivity index (χ3n) is 2.36. The first-order chi connectivity index (χ1) is 8.02. The molecule has 1 aliphatic rings. The van der Waals surface area contributed by atoms with Crippen molar-refractivity contribution in [3.63, 3.8) is 0 Å². The van der Waals surface area contributed by atoms with Gasteiger partial charge in [-0.25, -0.2) is 13.6 Å². The Morgan fingerprint density at radius 3 is 2.41 bits per heavy atom. The van der Waals surface area contributed by atoms with Crippen LogP contribution in [0.3, 0.4) is 0 Å². The molecule has 0 bridgehead atoms. The van der Waals surface area contributed by atoms with Gasteiger partial charge in [0.05, 0.1) is 19.8 Å². The molecule has 0 aromatic rings. The van der Waals surface area contributed by atoms with Crippen LogP contribution in [0, 0.1) is 0 Å². The fraction of sp³-hybridized carbons (Fsp3) is 0.889. The fourth-order valence-electron chi connectivity index (χ4n) is 1.57. The zero-order valence-corrected chi connectivity index (χ0v) is 10.4. The van der Waals surface area contributed by atoms with E-state index in [0.29, 0.717) is 0 Å². The number of amides is 2. The molecular weight excluding hydrogens is 258 g/mol. The van der Waals surface area contributed by atoms with Gasteiger partial charge >= 0.3 is 6.03 Å². The zero-order chi connectivity index (χ0) is 13.0. The predicted octanol–water partition coefficient (Wildman–Crippen LogP) is 1.17. The van der Waals surface area contributed by atoms with E-state index in [1.54, 1.807) is 0 Å². The minimum atomic E-state index is -1.69. The van der Waals surface area contributed by atoms with Crippen LogP contribution in [-0.2, 0) is 9.47 Å². The number of hydrogen-bond acceptors (Lipinski definition) is 3. The second kappa shape index (κ2) is 6.32. The van der Waals surface area contributed by atoms with Crippen molar-refractivity contribution in [2.24, 2.45) is 0 Å². The Morgan fingerprint density at radius 2 is 1.88 bits per heavy atom. The molecule has 0 saturated carbocycles. The molecule has 3 atom stereocenters. The van der Waals surface area contributed by atoms with E-state index in [4.69, 9.17) is 11.6 Å². The van der Waals surface area contributed by atoms with Crippen LogP contribution in [0.25, 0.3) is 0 Å². The monoisotopic (exact) mass is 272 g/mol. The third-order valence-corrected chi connectivity index (χ3v) is 2.71. The van der Waals surface area contributed by atoms with Gasteiger partial charge in [-0.15, -0.1) is 0 Å². The largest absolute Gasteiger partial charge is 0.380 e. The van der Waals surface area contributed by atoms with E-state index in [1.807, 2.05) is 0 Å². The first-order valence-corrected chi connectivity index (χ1v) is 5.45. The van der Waals surface area contributed by atoms with Crippen LogP contribution in [0.15, 0.2) is 0 Å². The standard InChI is InChI=1S/C9H15ClF2N2O3/c1-16-4-7(11)13-3-6(10)14(9(13)15)8(12)5-17-2/h6-8H,3-5H2,1-2H3. The number of urea groups is 1. The van der Waals surface area contributed by atoms with Crippen LogP contribution in [0.5, 0.6) is 0 Å². The highest BCUT2D eigenvalue weighted by molar-refractivity contribution is 6.22. The molecule has 5 nitrogen and oxygen atoms in total. The Kier molecular flexibility index (Phi) is 5.35. The van der Waals surface area contributed by atoms with E-state index in [-0.39, 0.29) is 19.8 Å². The second-order valence-electron chi connectivity index (χ2n) is 3.56. The Labute approximate surface area is 103 Å². The molecule has 1 rings (SSSR count). The van der Waals surface area contributed by atoms with Gasteiger partial charge in [-0.2, -0.15) is 0 Å². The summed E-state index contributed by atoms with van der Waals surface area (Å²) in [4.78, 5) is 13.3. The van der Waals surface area contributed by atoms with Crippen LogP contribution < -0.4 is 0 Å². The fourth-order valence-corrected chi connectivity index (χ4v) is 1.93. The molecule has 0 aromatic carbocycles. The predicted molar refractivity (Wildman–Crippen MR) is 57.1 cm³/mol. The Hall–Kier alpha value is -0.660. The molecule has 0 aromatic heterocycles. The summed E-state index contributed by atoms with van der Waals surface area (Å²) in [7, 11) is 2.61. The molecule has 0 radical (unpaired) electrons. The highest BCUT2D eigenvalue weighted by atomic mass is 35.5. The van der Waals surface area contributed by atoms with Crippen molar-refractivity contribution in [3.05, 3.63) is 0 Å². The van der Waals surface area contributed by atoms with Gasteiger partial charge < -0.3 is 9.47 Å². The van der Waals surface area contributed by atoms with Crippen LogP contribution in [0.2, 0.25) is 0 Å². The molecule has 1 saturated heterocycles. The van der Waals surface area contributed by atoms with Crippen molar-refractivity contribution in [1.29, 1.82) is 0 Å². The van der Waals surface area contributed by atoms with Crippen LogP contribution in [0.4, 0.5) is 13.6 Å². The van der Waals surface area contributed by atoms with Gasteiger partial charge in [0.1, 0.15) is 5.50 Å². The van der Waals surface area contributed by atoms with Gasteiger partial charge in [-0.1, -0.05) is 11.6 Å². The van der Waals surface area contributed by atoms with E-state index in [1.165, 1.54) is 14.2 Å². The maximum Gasteiger partial charge on any atom is 0.326 e. The summed E-state index contributed by atoms with van der Waals surface area (Å²) in [6.07, 6.45) is -3.32. The minimum Gasteiger partial charge on any atom is -0.380 e. The van der Waals surface area contributed by atoms with Crippen molar-refractivity contribution in [2.45, 2.75) is 18.1 Å². The molecule has 17 heavy (non-hydrogen) atoms. The number of hydrogen-bond donors (Lipinski definition) is 0. The van der Waals surface area contributed by atoms with E-state index in [0.717, 1.165) is 9.80 Å². The maximum absolute atomic E-state index is 13.5. The molecule has 8 heteroatoms. The first kappa shape index (κ1) is 14.4. The van der Waals surface area contributed by atoms with Gasteiger partial charge in [-0.3, -0.25) is 9.80 Å². The topological polar surface area (TPSA) is 42.0 Å². The summed E-state index contributed by atoms with van der Waals surface area (Å²) in [6.45, 7) is -0.663. The number of ether oxygens (including phenoxy) is 2. The van der Waals surface area contributed by atoms with Crippen LogP contribution in [-0.4, -0.2) is 67.9 Å². The minimum absolute atomic E-state index is 0.0882. The molecule has 2 amide bonds. The lowest BCUT2D eigenvalue weighted by Crippen LogP contribution is -2.43. The lowest BCUT2D eigenvalue weighted by molar-refractivity contribution is 0.0240. The van der Waals surface area contributed by atoms with Crippen molar-refractivity contribution in [3.8, 4) is 0 Å². The normalized spacial score (nSPS) is 24.3. The van der Waals surface area contributed by atoms with Gasteiger partial charge in [0.15, 0.2) is 6.30 Å². The molecular formula is C9H15ClF2N2O3. The quantitative estimate of drug-likeness (QED) is 0.538. The highest BCUT2D eigenvalue weighted by Crippen LogP contribution is 2.25. The van der Waals surface area contributed by atoms with Crippen molar-refractivity contribution < 1.29 is 23.0 Å². The summed E-state index contributed by atoms with van der Waals surface area (Å²) < 4.78 is 36.2. The summed E-state index contributed by atoms with van der Waals surface area (Å²) in [6, 6.07) is -0.792. The lowest BCUT2D eigenvalue weighted by Gasteiger charge is -2.24. The van der Waals surface area contributed by atoms with Crippen molar-refractivity contribution in [1.82, 2.24) is 9.80 Å². The van der Waals surface area contributed by atoms with Gasteiger partial charge in [-0.05, 0) is 0 Å². The van der Waals surface area contributed by atoms with Crippen molar-refractivity contribution >= 4 is 17.6 Å². The Bertz CT molecular complexity index is 273. The van der Waals surface area contributed by atoms with Crippen LogP contribution >= 0.6 is 11.6 Å². The van der Waals surface area contributed by atoms with E-state index in [2.05, 4.69) is 9.47 Å². The first-order valence-electron chi connectivity index (χ1n) is 5.02. The molecule has 1 aliphatic heterocycles. The number of carbonyl (C=O) groups is 1. The summed E-state index contributed by atoms with van der Waals surface area (Å²) >= 11 is 5.80. The Morgan fingerprint density at radius 1 is 1.35 bits per heavy atom. The average molecular weight is 273 g/mol. The van der Waals surface area contributed by atoms with Gasteiger partial charge in [0, 0.05) is 14.2 Å². The van der Waals surface area contributed by atoms with Crippen molar-refractivity contribution in [2.75, 3.05) is 34.0 Å². The summed E-state index contributed by atoms with van der Waals surface area (Å²) in [5.41, 5.74) is -0.914. The highest BCUT2D eigenvalue weighted by Gasteiger charge is 2.43. The number of carbonyl (C=O) groups excluding carboxylic acids is 1. The number of methoxy groups -OCH3 is 2. The van der Waals surface area contributed by atoms with E-state index < -0.39 is 24.1 Å². The number of rotatable bonds is 6. The molecule has 0 aliphatic carbocycles. The van der Waals surface area contributed by atoms with Gasteiger partial charge in [0.25, 0.3) is 0 Å². The molecule has 1 heterocycles. The molecule has 0 spiro atoms.